The van der Waals surface area contributed by atoms with Gasteiger partial charge in [0.1, 0.15) is 5.82 Å². The van der Waals surface area contributed by atoms with Gasteiger partial charge in [0, 0.05) is 37.3 Å². The summed E-state index contributed by atoms with van der Waals surface area (Å²) in [7, 11) is 0. The second kappa shape index (κ2) is 7.62. The van der Waals surface area contributed by atoms with Gasteiger partial charge in [-0.05, 0) is 25.5 Å². The fourth-order valence-electron chi connectivity index (χ4n) is 2.55. The number of thiazole rings is 1. The minimum absolute atomic E-state index is 0.193. The van der Waals surface area contributed by atoms with Crippen molar-refractivity contribution >= 4 is 17.2 Å². The number of hydrogen-bond acceptors (Lipinski definition) is 7. The van der Waals surface area contributed by atoms with Crippen LogP contribution in [-0.2, 0) is 11.2 Å². The molecule has 0 spiro atoms. The lowest BCUT2D eigenvalue weighted by Crippen LogP contribution is -2.45. The van der Waals surface area contributed by atoms with Crippen LogP contribution >= 0.6 is 11.3 Å². The molecule has 1 saturated heterocycles. The number of hydrogen-bond donors (Lipinski definition) is 1. The van der Waals surface area contributed by atoms with Gasteiger partial charge in [0.2, 0.25) is 0 Å². The summed E-state index contributed by atoms with van der Waals surface area (Å²) in [5.74, 6) is 0.795. The third-order valence-corrected chi connectivity index (χ3v) is 4.80. The Bertz CT molecular complexity index is 576. The lowest BCUT2D eigenvalue weighted by molar-refractivity contribution is -0.0206. The number of nitrogens with one attached hydrogen (secondary N) is 1. The minimum atomic E-state index is 0.193. The maximum absolute atomic E-state index is 5.83. The van der Waals surface area contributed by atoms with E-state index in [4.69, 9.17) is 4.74 Å². The highest BCUT2D eigenvalue weighted by atomic mass is 32.1. The molecule has 0 amide bonds. The standard InChI is InChI=1S/C15H21N5OS/c1-12-14(22-11-17-12)4-6-20-7-8-21-13(10-20)9-16-15-3-2-5-18-19-15/h2-3,5,11,13H,4,6-10H2,1H3,(H,16,19)/t13-/m1/s1. The van der Waals surface area contributed by atoms with Gasteiger partial charge in [-0.15, -0.1) is 16.4 Å². The highest BCUT2D eigenvalue weighted by Gasteiger charge is 2.20. The Morgan fingerprint density at radius 3 is 3.23 bits per heavy atom. The zero-order valence-electron chi connectivity index (χ0n) is 12.7. The maximum Gasteiger partial charge on any atom is 0.148 e. The van der Waals surface area contributed by atoms with Crippen molar-refractivity contribution in [2.75, 3.05) is 38.1 Å². The molecule has 1 fully saturated rings. The third-order valence-electron chi connectivity index (χ3n) is 3.81. The van der Waals surface area contributed by atoms with Gasteiger partial charge in [-0.1, -0.05) is 0 Å². The van der Waals surface area contributed by atoms with Gasteiger partial charge in [-0.2, -0.15) is 5.10 Å². The minimum Gasteiger partial charge on any atom is -0.374 e. The SMILES string of the molecule is Cc1ncsc1CCN1CCO[C@H](CNc2cccnn2)C1. The topological polar surface area (TPSA) is 63.2 Å². The van der Waals surface area contributed by atoms with Crippen LogP contribution in [0, 0.1) is 6.92 Å². The molecule has 2 aromatic heterocycles. The molecule has 118 valence electrons. The Hall–Kier alpha value is -1.57. The fraction of sp³-hybridized carbons (Fsp3) is 0.533. The van der Waals surface area contributed by atoms with Crippen LogP contribution in [0.1, 0.15) is 10.6 Å². The first-order chi connectivity index (χ1) is 10.8. The lowest BCUT2D eigenvalue weighted by atomic mass is 10.2. The molecule has 2 aromatic rings. The molecule has 3 heterocycles. The predicted molar refractivity (Wildman–Crippen MR) is 87.3 cm³/mol. The van der Waals surface area contributed by atoms with Gasteiger partial charge in [0.05, 0.1) is 23.9 Å². The van der Waals surface area contributed by atoms with E-state index in [0.717, 1.165) is 45.0 Å². The summed E-state index contributed by atoms with van der Waals surface area (Å²) < 4.78 is 5.83. The van der Waals surface area contributed by atoms with E-state index in [0.29, 0.717) is 0 Å². The molecule has 6 nitrogen and oxygen atoms in total. The molecule has 0 bridgehead atoms. The zero-order chi connectivity index (χ0) is 15.2. The predicted octanol–water partition coefficient (Wildman–Crippen LogP) is 1.60. The van der Waals surface area contributed by atoms with E-state index in [1.807, 2.05) is 17.6 Å². The zero-order valence-corrected chi connectivity index (χ0v) is 13.6. The van der Waals surface area contributed by atoms with E-state index < -0.39 is 0 Å². The summed E-state index contributed by atoms with van der Waals surface area (Å²) in [6, 6.07) is 3.79. The first kappa shape index (κ1) is 15.3. The smallest absolute Gasteiger partial charge is 0.148 e. The van der Waals surface area contributed by atoms with Gasteiger partial charge >= 0.3 is 0 Å². The van der Waals surface area contributed by atoms with Crippen molar-refractivity contribution < 1.29 is 4.74 Å². The van der Waals surface area contributed by atoms with Crippen molar-refractivity contribution in [2.45, 2.75) is 19.4 Å². The largest absolute Gasteiger partial charge is 0.374 e. The Kier molecular flexibility index (Phi) is 5.31. The summed E-state index contributed by atoms with van der Waals surface area (Å²) in [6.45, 7) is 6.64. The number of nitrogens with zero attached hydrogens (tertiary/aromatic N) is 4. The van der Waals surface area contributed by atoms with Crippen molar-refractivity contribution in [3.8, 4) is 0 Å². The van der Waals surface area contributed by atoms with Crippen LogP contribution in [0.25, 0.3) is 0 Å². The van der Waals surface area contributed by atoms with Crippen LogP contribution < -0.4 is 5.32 Å². The third kappa shape index (κ3) is 4.22. The Morgan fingerprint density at radius 1 is 1.50 bits per heavy atom. The normalized spacial score (nSPS) is 19.2. The van der Waals surface area contributed by atoms with Crippen LogP contribution in [0.4, 0.5) is 5.82 Å². The molecule has 3 rings (SSSR count). The summed E-state index contributed by atoms with van der Waals surface area (Å²) >= 11 is 1.75. The average Bonchev–Trinajstić information content (AvgIpc) is 2.98. The van der Waals surface area contributed by atoms with E-state index in [1.165, 1.54) is 10.6 Å². The molecule has 7 heteroatoms. The lowest BCUT2D eigenvalue weighted by Gasteiger charge is -2.33. The Balaban J connectivity index is 1.44. The molecule has 0 aliphatic carbocycles. The van der Waals surface area contributed by atoms with E-state index in [2.05, 4.69) is 32.3 Å². The molecule has 1 N–H and O–H groups in total. The monoisotopic (exact) mass is 319 g/mol. The maximum atomic E-state index is 5.83. The molecule has 0 unspecified atom stereocenters. The molecule has 1 aliphatic rings. The highest BCUT2D eigenvalue weighted by molar-refractivity contribution is 7.09. The number of aromatic nitrogens is 3. The number of aryl methyl sites for hydroxylation is 1. The number of rotatable bonds is 6. The number of ether oxygens (including phenoxy) is 1. The van der Waals surface area contributed by atoms with Gasteiger partial charge < -0.3 is 10.1 Å². The second-order valence-electron chi connectivity index (χ2n) is 5.39. The van der Waals surface area contributed by atoms with Crippen molar-refractivity contribution in [1.29, 1.82) is 0 Å². The number of morpholine rings is 1. The molecule has 0 saturated carbocycles. The van der Waals surface area contributed by atoms with Crippen LogP contribution in [0.15, 0.2) is 23.8 Å². The molecule has 1 aliphatic heterocycles. The quantitative estimate of drug-likeness (QED) is 0.872. The van der Waals surface area contributed by atoms with Crippen molar-refractivity contribution in [3.05, 3.63) is 34.4 Å². The summed E-state index contributed by atoms with van der Waals surface area (Å²) in [5, 5.41) is 11.2. The summed E-state index contributed by atoms with van der Waals surface area (Å²) in [6.07, 6.45) is 2.94. The number of anilines is 1. The highest BCUT2D eigenvalue weighted by Crippen LogP contribution is 2.14. The van der Waals surface area contributed by atoms with E-state index >= 15 is 0 Å². The molecule has 1 atom stereocenters. The van der Waals surface area contributed by atoms with E-state index in [9.17, 15) is 0 Å². The fourth-order valence-corrected chi connectivity index (χ4v) is 3.32. The van der Waals surface area contributed by atoms with Gasteiger partial charge in [-0.25, -0.2) is 4.98 Å². The molecule has 0 radical (unpaired) electrons. The van der Waals surface area contributed by atoms with Crippen molar-refractivity contribution in [3.63, 3.8) is 0 Å². The van der Waals surface area contributed by atoms with Crippen LogP contribution in [0.2, 0.25) is 0 Å². The summed E-state index contributed by atoms with van der Waals surface area (Å²) in [4.78, 5) is 8.16. The first-order valence-electron chi connectivity index (χ1n) is 7.56. The Labute approximate surface area is 134 Å². The molecule has 22 heavy (non-hydrogen) atoms. The van der Waals surface area contributed by atoms with Crippen LogP contribution in [-0.4, -0.2) is 59.0 Å². The molecular formula is C15H21N5OS. The Morgan fingerprint density at radius 2 is 2.45 bits per heavy atom. The average molecular weight is 319 g/mol. The van der Waals surface area contributed by atoms with E-state index in [1.54, 1.807) is 17.5 Å². The van der Waals surface area contributed by atoms with E-state index in [-0.39, 0.29) is 6.10 Å². The van der Waals surface area contributed by atoms with Gasteiger partial charge in [0.15, 0.2) is 0 Å². The van der Waals surface area contributed by atoms with Gasteiger partial charge in [-0.3, -0.25) is 4.90 Å². The van der Waals surface area contributed by atoms with Crippen LogP contribution in [0.3, 0.4) is 0 Å². The first-order valence-corrected chi connectivity index (χ1v) is 8.44. The van der Waals surface area contributed by atoms with Gasteiger partial charge in [0.25, 0.3) is 0 Å². The second-order valence-corrected chi connectivity index (χ2v) is 6.33. The van der Waals surface area contributed by atoms with Crippen molar-refractivity contribution in [2.24, 2.45) is 0 Å². The molecule has 0 aromatic carbocycles. The van der Waals surface area contributed by atoms with Crippen LogP contribution in [0.5, 0.6) is 0 Å². The molecular weight excluding hydrogens is 298 g/mol. The van der Waals surface area contributed by atoms with Crippen molar-refractivity contribution in [1.82, 2.24) is 20.1 Å². The summed E-state index contributed by atoms with van der Waals surface area (Å²) in [5.41, 5.74) is 3.09.